The zero-order chi connectivity index (χ0) is 11.5. The van der Waals surface area contributed by atoms with Gasteiger partial charge in [0.25, 0.3) is 0 Å². The number of nitrogens with one attached hydrogen (secondary N) is 1. The van der Waals surface area contributed by atoms with Gasteiger partial charge >= 0.3 is 5.69 Å². The zero-order valence-electron chi connectivity index (χ0n) is 8.40. The molecule has 1 N–H and O–H groups in total. The summed E-state index contributed by atoms with van der Waals surface area (Å²) in [5.74, 6) is -0.278. The molecule has 2 heterocycles. The Hall–Kier alpha value is -2.24. The number of nitrogens with zero attached hydrogens (tertiary/aromatic N) is 2. The summed E-state index contributed by atoms with van der Waals surface area (Å²) in [5.41, 5.74) is -0.427. The van der Waals surface area contributed by atoms with E-state index in [-0.39, 0.29) is 11.4 Å². The van der Waals surface area contributed by atoms with Crippen molar-refractivity contribution in [2.75, 3.05) is 7.11 Å². The largest absolute Gasteiger partial charge is 0.494 e. The van der Waals surface area contributed by atoms with Gasteiger partial charge in [-0.3, -0.25) is 4.98 Å². The number of pyridine rings is 1. The first-order valence-electron chi connectivity index (χ1n) is 4.46. The topological polar surface area (TPSA) is 67.9 Å². The molecule has 6 heteroatoms. The Morgan fingerprint density at radius 3 is 3.00 bits per heavy atom. The van der Waals surface area contributed by atoms with E-state index < -0.39 is 11.5 Å². The molecule has 0 saturated carbocycles. The molecule has 16 heavy (non-hydrogen) atoms. The van der Waals surface area contributed by atoms with E-state index in [1.54, 1.807) is 12.1 Å². The van der Waals surface area contributed by atoms with Crippen molar-refractivity contribution in [1.29, 1.82) is 0 Å². The lowest BCUT2D eigenvalue weighted by atomic mass is 10.2. The number of methoxy groups -OCH3 is 1. The van der Waals surface area contributed by atoms with Gasteiger partial charge in [-0.2, -0.15) is 4.98 Å². The number of ether oxygens (including phenoxy) is 1. The molecule has 5 nitrogen and oxygen atoms in total. The van der Waals surface area contributed by atoms with Gasteiger partial charge in [0.2, 0.25) is 0 Å². The van der Waals surface area contributed by atoms with Gasteiger partial charge in [-0.25, -0.2) is 9.18 Å². The van der Waals surface area contributed by atoms with Crippen molar-refractivity contribution in [3.8, 4) is 17.1 Å². The van der Waals surface area contributed by atoms with Crippen molar-refractivity contribution in [2.45, 2.75) is 0 Å². The lowest BCUT2D eigenvalue weighted by Gasteiger charge is -2.06. The number of aromatic nitrogens is 3. The third kappa shape index (κ3) is 1.77. The van der Waals surface area contributed by atoms with Gasteiger partial charge in [-0.05, 0) is 12.1 Å². The highest BCUT2D eigenvalue weighted by atomic mass is 19.1. The SMILES string of the molecule is COc1cccnc1-c1[nH]c(=O)ncc1F. The summed E-state index contributed by atoms with van der Waals surface area (Å²) in [5, 5.41) is 0. The zero-order valence-corrected chi connectivity index (χ0v) is 8.40. The summed E-state index contributed by atoms with van der Waals surface area (Å²) in [6, 6.07) is 3.28. The van der Waals surface area contributed by atoms with Gasteiger partial charge < -0.3 is 9.72 Å². The quantitative estimate of drug-likeness (QED) is 0.820. The van der Waals surface area contributed by atoms with Gasteiger partial charge in [-0.1, -0.05) is 0 Å². The minimum absolute atomic E-state index is 0.0301. The first-order chi connectivity index (χ1) is 7.72. The Morgan fingerprint density at radius 2 is 2.25 bits per heavy atom. The number of aromatic amines is 1. The Bertz CT molecular complexity index is 568. The summed E-state index contributed by atoms with van der Waals surface area (Å²) in [6.45, 7) is 0. The maximum absolute atomic E-state index is 13.4. The van der Waals surface area contributed by atoms with Gasteiger partial charge in [0.15, 0.2) is 5.82 Å². The monoisotopic (exact) mass is 221 g/mol. The molecule has 0 bridgehead atoms. The van der Waals surface area contributed by atoms with Crippen molar-refractivity contribution in [3.05, 3.63) is 40.8 Å². The lowest BCUT2D eigenvalue weighted by Crippen LogP contribution is -2.12. The van der Waals surface area contributed by atoms with E-state index in [2.05, 4.69) is 15.0 Å². The average Bonchev–Trinajstić information content (AvgIpc) is 2.32. The molecule has 0 aromatic carbocycles. The molecule has 0 atom stereocenters. The second kappa shape index (κ2) is 4.09. The van der Waals surface area contributed by atoms with E-state index in [0.29, 0.717) is 5.75 Å². The van der Waals surface area contributed by atoms with E-state index in [0.717, 1.165) is 6.20 Å². The smallest absolute Gasteiger partial charge is 0.345 e. The fraction of sp³-hybridized carbons (Fsp3) is 0.100. The fourth-order valence-corrected chi connectivity index (χ4v) is 1.29. The van der Waals surface area contributed by atoms with Crippen molar-refractivity contribution >= 4 is 0 Å². The van der Waals surface area contributed by atoms with Crippen molar-refractivity contribution < 1.29 is 9.13 Å². The lowest BCUT2D eigenvalue weighted by molar-refractivity contribution is 0.414. The van der Waals surface area contributed by atoms with Crippen LogP contribution in [0.2, 0.25) is 0 Å². The highest BCUT2D eigenvalue weighted by Gasteiger charge is 2.12. The van der Waals surface area contributed by atoms with Gasteiger partial charge in [0, 0.05) is 6.20 Å². The molecule has 0 saturated heterocycles. The summed E-state index contributed by atoms with van der Waals surface area (Å²) in [7, 11) is 1.44. The second-order valence-corrected chi connectivity index (χ2v) is 2.97. The highest BCUT2D eigenvalue weighted by molar-refractivity contribution is 5.62. The van der Waals surface area contributed by atoms with Crippen LogP contribution < -0.4 is 10.4 Å². The molecule has 0 aliphatic carbocycles. The molecular formula is C10H8FN3O2. The third-order valence-electron chi connectivity index (χ3n) is 1.99. The van der Waals surface area contributed by atoms with Crippen LogP contribution in [-0.2, 0) is 0 Å². The van der Waals surface area contributed by atoms with Crippen LogP contribution in [0.5, 0.6) is 5.75 Å². The predicted octanol–water partition coefficient (Wildman–Crippen LogP) is 0.980. The van der Waals surface area contributed by atoms with E-state index >= 15 is 0 Å². The molecule has 0 aliphatic rings. The van der Waals surface area contributed by atoms with E-state index in [9.17, 15) is 9.18 Å². The summed E-state index contributed by atoms with van der Waals surface area (Å²) in [6.07, 6.45) is 2.33. The van der Waals surface area contributed by atoms with Gasteiger partial charge in [0.05, 0.1) is 13.3 Å². The molecular weight excluding hydrogens is 213 g/mol. The van der Waals surface area contributed by atoms with Crippen LogP contribution in [-0.4, -0.2) is 22.1 Å². The molecule has 0 amide bonds. The minimum atomic E-state index is -0.656. The molecule has 2 aromatic rings. The predicted molar refractivity (Wildman–Crippen MR) is 54.6 cm³/mol. The number of halogens is 1. The second-order valence-electron chi connectivity index (χ2n) is 2.97. The summed E-state index contributed by atoms with van der Waals surface area (Å²) < 4.78 is 18.5. The highest BCUT2D eigenvalue weighted by Crippen LogP contribution is 2.26. The molecule has 0 aliphatic heterocycles. The van der Waals surface area contributed by atoms with Crippen LogP contribution in [0, 0.1) is 5.82 Å². The van der Waals surface area contributed by atoms with Crippen molar-refractivity contribution in [2.24, 2.45) is 0 Å². The van der Waals surface area contributed by atoms with Crippen molar-refractivity contribution in [1.82, 2.24) is 15.0 Å². The number of hydrogen-bond acceptors (Lipinski definition) is 4. The molecule has 0 fully saturated rings. The number of rotatable bonds is 2. The maximum atomic E-state index is 13.4. The molecule has 82 valence electrons. The van der Waals surface area contributed by atoms with Crippen LogP contribution in [0.1, 0.15) is 0 Å². The van der Waals surface area contributed by atoms with Crippen LogP contribution in [0.3, 0.4) is 0 Å². The molecule has 2 aromatic heterocycles. The third-order valence-corrected chi connectivity index (χ3v) is 1.99. The Morgan fingerprint density at radius 1 is 1.44 bits per heavy atom. The molecule has 0 unspecified atom stereocenters. The van der Waals surface area contributed by atoms with Crippen LogP contribution >= 0.6 is 0 Å². The summed E-state index contributed by atoms with van der Waals surface area (Å²) >= 11 is 0. The first-order valence-corrected chi connectivity index (χ1v) is 4.46. The van der Waals surface area contributed by atoms with Crippen molar-refractivity contribution in [3.63, 3.8) is 0 Å². The maximum Gasteiger partial charge on any atom is 0.345 e. The van der Waals surface area contributed by atoms with Crippen LogP contribution in [0.25, 0.3) is 11.4 Å². The normalized spacial score (nSPS) is 10.1. The Balaban J connectivity index is 2.67. The van der Waals surface area contributed by atoms with Gasteiger partial charge in [0.1, 0.15) is 17.1 Å². The first kappa shape index (κ1) is 10.3. The average molecular weight is 221 g/mol. The van der Waals surface area contributed by atoms with E-state index in [1.807, 2.05) is 0 Å². The number of hydrogen-bond donors (Lipinski definition) is 1. The van der Waals surface area contributed by atoms with Crippen LogP contribution in [0.15, 0.2) is 29.3 Å². The molecule has 0 radical (unpaired) electrons. The van der Waals surface area contributed by atoms with E-state index in [4.69, 9.17) is 4.74 Å². The fourth-order valence-electron chi connectivity index (χ4n) is 1.29. The standard InChI is InChI=1S/C10H8FN3O2/c1-16-7-3-2-4-12-9(7)8-6(11)5-13-10(15)14-8/h2-5H,1H3,(H,13,14,15). The summed E-state index contributed by atoms with van der Waals surface area (Å²) in [4.78, 5) is 20.5. The Kier molecular flexibility index (Phi) is 2.63. The molecule has 2 rings (SSSR count). The minimum Gasteiger partial charge on any atom is -0.494 e. The number of H-pyrrole nitrogens is 1. The van der Waals surface area contributed by atoms with E-state index in [1.165, 1.54) is 13.3 Å². The van der Waals surface area contributed by atoms with Gasteiger partial charge in [-0.15, -0.1) is 0 Å². The molecule has 0 spiro atoms. The Labute approximate surface area is 90.0 Å². The van der Waals surface area contributed by atoms with Crippen LogP contribution in [0.4, 0.5) is 4.39 Å².